The maximum Gasteiger partial charge on any atom is 0.408 e. The summed E-state index contributed by atoms with van der Waals surface area (Å²) >= 11 is 0. The van der Waals surface area contributed by atoms with E-state index in [0.717, 1.165) is 5.56 Å². The number of hydrogen-bond donors (Lipinski definition) is 2. The van der Waals surface area contributed by atoms with E-state index >= 15 is 0 Å². The van der Waals surface area contributed by atoms with Crippen LogP contribution < -0.4 is 10.6 Å². The molecule has 0 radical (unpaired) electrons. The van der Waals surface area contributed by atoms with Gasteiger partial charge in [0.2, 0.25) is 5.91 Å². The van der Waals surface area contributed by atoms with Gasteiger partial charge in [0.1, 0.15) is 17.7 Å². The molecule has 0 bridgehead atoms. The summed E-state index contributed by atoms with van der Waals surface area (Å²) in [6, 6.07) is 7.64. The minimum atomic E-state index is -0.855. The first-order valence-electron chi connectivity index (χ1n) is 9.49. The first kappa shape index (κ1) is 23.5. The van der Waals surface area contributed by atoms with Gasteiger partial charge in [-0.05, 0) is 32.3 Å². The molecule has 2 N–H and O–H groups in total. The Morgan fingerprint density at radius 3 is 2.18 bits per heavy atom. The highest BCUT2D eigenvalue weighted by Crippen LogP contribution is 2.12. The van der Waals surface area contributed by atoms with Gasteiger partial charge in [0.05, 0.1) is 7.11 Å². The van der Waals surface area contributed by atoms with Crippen LogP contribution in [0.15, 0.2) is 30.3 Å². The largest absolute Gasteiger partial charge is 0.467 e. The molecular formula is C21H32N2O5. The van der Waals surface area contributed by atoms with E-state index in [9.17, 15) is 14.4 Å². The van der Waals surface area contributed by atoms with E-state index in [-0.39, 0.29) is 5.92 Å². The van der Waals surface area contributed by atoms with Gasteiger partial charge < -0.3 is 20.1 Å². The topological polar surface area (TPSA) is 93.7 Å². The molecule has 1 rings (SSSR count). The number of alkyl carbamates (subject to hydrolysis) is 1. The lowest BCUT2D eigenvalue weighted by molar-refractivity contribution is -0.145. The van der Waals surface area contributed by atoms with Crippen LogP contribution in [0.3, 0.4) is 0 Å². The average molecular weight is 392 g/mol. The summed E-state index contributed by atoms with van der Waals surface area (Å²) in [4.78, 5) is 37.2. The molecule has 28 heavy (non-hydrogen) atoms. The zero-order chi connectivity index (χ0) is 21.3. The molecule has 0 unspecified atom stereocenters. The van der Waals surface area contributed by atoms with E-state index < -0.39 is 35.7 Å². The van der Waals surface area contributed by atoms with Gasteiger partial charge in [-0.1, -0.05) is 50.6 Å². The number of carbonyl (C=O) groups excluding carboxylic acids is 3. The van der Waals surface area contributed by atoms with Crippen molar-refractivity contribution in [3.8, 4) is 0 Å². The maximum atomic E-state index is 12.9. The fourth-order valence-corrected chi connectivity index (χ4v) is 2.58. The molecule has 7 heteroatoms. The van der Waals surface area contributed by atoms with Crippen molar-refractivity contribution in [1.82, 2.24) is 10.6 Å². The molecule has 0 spiro atoms. The molecule has 0 fully saturated rings. The minimum absolute atomic E-state index is 0.150. The first-order chi connectivity index (χ1) is 13.1. The van der Waals surface area contributed by atoms with Gasteiger partial charge in [0, 0.05) is 6.42 Å². The fourth-order valence-electron chi connectivity index (χ4n) is 2.58. The van der Waals surface area contributed by atoms with Crippen LogP contribution in [0.5, 0.6) is 0 Å². The maximum absolute atomic E-state index is 12.9. The van der Waals surface area contributed by atoms with Gasteiger partial charge in [-0.3, -0.25) is 4.79 Å². The van der Waals surface area contributed by atoms with Gasteiger partial charge in [-0.25, -0.2) is 9.59 Å². The van der Waals surface area contributed by atoms with Crippen molar-refractivity contribution in [3.63, 3.8) is 0 Å². The Balaban J connectivity index is 2.92. The number of ether oxygens (including phenoxy) is 2. The fraction of sp³-hybridized carbons (Fsp3) is 0.571. The zero-order valence-corrected chi connectivity index (χ0v) is 17.6. The van der Waals surface area contributed by atoms with Crippen LogP contribution in [0.4, 0.5) is 4.79 Å². The number of carbonyl (C=O) groups is 3. The molecule has 0 saturated heterocycles. The summed E-state index contributed by atoms with van der Waals surface area (Å²) in [6.45, 7) is 9.02. The van der Waals surface area contributed by atoms with Crippen molar-refractivity contribution in [3.05, 3.63) is 35.9 Å². The van der Waals surface area contributed by atoms with E-state index in [4.69, 9.17) is 9.47 Å². The highest BCUT2D eigenvalue weighted by Gasteiger charge is 2.31. The van der Waals surface area contributed by atoms with E-state index in [0.29, 0.717) is 12.8 Å². The Morgan fingerprint density at radius 2 is 1.68 bits per heavy atom. The summed E-state index contributed by atoms with van der Waals surface area (Å²) in [5, 5.41) is 5.34. The van der Waals surface area contributed by atoms with Crippen molar-refractivity contribution in [2.75, 3.05) is 7.11 Å². The molecule has 7 nitrogen and oxygen atoms in total. The van der Waals surface area contributed by atoms with E-state index in [1.807, 2.05) is 44.2 Å². The first-order valence-corrected chi connectivity index (χ1v) is 9.49. The average Bonchev–Trinajstić information content (AvgIpc) is 2.63. The number of nitrogens with one attached hydrogen (secondary N) is 2. The Hall–Kier alpha value is -2.57. The predicted octanol–water partition coefficient (Wildman–Crippen LogP) is 2.83. The normalized spacial score (nSPS) is 14.4. The second-order valence-electron chi connectivity index (χ2n) is 7.78. The predicted molar refractivity (Wildman–Crippen MR) is 107 cm³/mol. The molecule has 156 valence electrons. The van der Waals surface area contributed by atoms with Crippen LogP contribution in [-0.4, -0.2) is 42.8 Å². The molecule has 2 amide bonds. The Morgan fingerprint density at radius 1 is 1.07 bits per heavy atom. The van der Waals surface area contributed by atoms with Crippen molar-refractivity contribution in [1.29, 1.82) is 0 Å². The smallest absolute Gasteiger partial charge is 0.408 e. The quantitative estimate of drug-likeness (QED) is 0.664. The lowest BCUT2D eigenvalue weighted by Crippen LogP contribution is -2.55. The molecule has 1 aromatic rings. The van der Waals surface area contributed by atoms with Crippen LogP contribution >= 0.6 is 0 Å². The zero-order valence-electron chi connectivity index (χ0n) is 17.6. The van der Waals surface area contributed by atoms with E-state index in [1.165, 1.54) is 7.11 Å². The van der Waals surface area contributed by atoms with Crippen LogP contribution in [0.1, 0.15) is 46.6 Å². The molecule has 0 aliphatic rings. The van der Waals surface area contributed by atoms with Crippen molar-refractivity contribution < 1.29 is 23.9 Å². The third-order valence-electron chi connectivity index (χ3n) is 4.25. The number of amides is 2. The molecule has 0 aromatic heterocycles. The van der Waals surface area contributed by atoms with E-state index in [1.54, 1.807) is 20.8 Å². The highest BCUT2D eigenvalue weighted by molar-refractivity contribution is 5.90. The summed E-state index contributed by atoms with van der Waals surface area (Å²) in [5.41, 5.74) is 0.209. The van der Waals surface area contributed by atoms with E-state index in [2.05, 4.69) is 10.6 Å². The number of methoxy groups -OCH3 is 1. The van der Waals surface area contributed by atoms with Gasteiger partial charge >= 0.3 is 12.1 Å². The Kier molecular flexibility index (Phi) is 8.96. The second-order valence-corrected chi connectivity index (χ2v) is 7.78. The molecular weight excluding hydrogens is 360 g/mol. The summed E-state index contributed by atoms with van der Waals surface area (Å²) in [7, 11) is 1.28. The van der Waals surface area contributed by atoms with Crippen molar-refractivity contribution in [2.24, 2.45) is 5.92 Å². The number of esters is 1. The lowest BCUT2D eigenvalue weighted by atomic mass is 9.97. The monoisotopic (exact) mass is 392 g/mol. The minimum Gasteiger partial charge on any atom is -0.467 e. The van der Waals surface area contributed by atoms with Crippen LogP contribution in [-0.2, 0) is 25.5 Å². The number of hydrogen-bond acceptors (Lipinski definition) is 5. The van der Waals surface area contributed by atoms with Crippen LogP contribution in [0.25, 0.3) is 0 Å². The SMILES string of the molecule is CC[C@H](C)[C@@H](NC(=O)OC(C)(C)C)C(=O)N[C@@H](Cc1ccccc1)C(=O)OC. The Labute approximate surface area is 167 Å². The van der Waals surface area contributed by atoms with Crippen molar-refractivity contribution >= 4 is 18.0 Å². The summed E-state index contributed by atoms with van der Waals surface area (Å²) in [6.07, 6.45) is 0.277. The number of rotatable bonds is 8. The van der Waals surface area contributed by atoms with Gasteiger partial charge in [0.25, 0.3) is 0 Å². The standard InChI is InChI=1S/C21H32N2O5/c1-7-14(2)17(23-20(26)28-21(3,4)5)18(24)22-16(19(25)27-6)13-15-11-9-8-10-12-15/h8-12,14,16-17H,7,13H2,1-6H3,(H,22,24)(H,23,26)/t14-,16-,17+/m0/s1. The summed E-state index contributed by atoms with van der Waals surface area (Å²) in [5.74, 6) is -1.15. The lowest BCUT2D eigenvalue weighted by Gasteiger charge is -2.27. The molecule has 0 heterocycles. The molecule has 1 aromatic carbocycles. The molecule has 0 aliphatic carbocycles. The highest BCUT2D eigenvalue weighted by atomic mass is 16.6. The van der Waals surface area contributed by atoms with Gasteiger partial charge in [0.15, 0.2) is 0 Å². The van der Waals surface area contributed by atoms with Crippen LogP contribution in [0.2, 0.25) is 0 Å². The molecule has 3 atom stereocenters. The number of benzene rings is 1. The van der Waals surface area contributed by atoms with Gasteiger partial charge in [-0.2, -0.15) is 0 Å². The second kappa shape index (κ2) is 10.7. The van der Waals surface area contributed by atoms with Crippen molar-refractivity contribution in [2.45, 2.75) is 65.1 Å². The summed E-state index contributed by atoms with van der Waals surface area (Å²) < 4.78 is 10.1. The van der Waals surface area contributed by atoms with Crippen LogP contribution in [0, 0.1) is 5.92 Å². The molecule has 0 saturated carbocycles. The third-order valence-corrected chi connectivity index (χ3v) is 4.25. The molecule has 0 aliphatic heterocycles. The Bertz CT molecular complexity index is 655. The third kappa shape index (κ3) is 7.98. The van der Waals surface area contributed by atoms with Gasteiger partial charge in [-0.15, -0.1) is 0 Å².